The molecule has 0 fully saturated rings. The van der Waals surface area contributed by atoms with E-state index in [4.69, 9.17) is 4.98 Å². The summed E-state index contributed by atoms with van der Waals surface area (Å²) in [6.07, 6.45) is 20.7. The largest absolute Gasteiger partial charge is 0.348 e. The molecule has 0 radical (unpaired) electrons. The fraction of sp³-hybridized carbons (Fsp3) is 0.367. The smallest absolute Gasteiger partial charge is 0.255 e. The second-order valence-electron chi connectivity index (χ2n) is 9.84. The Morgan fingerprint density at radius 2 is 1.97 bits per heavy atom. The van der Waals surface area contributed by atoms with Gasteiger partial charge < -0.3 is 10.3 Å². The maximum atomic E-state index is 12.9. The molecule has 8 heteroatoms. The topological polar surface area (TPSA) is 99.7 Å². The molecule has 1 unspecified atom stereocenters. The quantitative estimate of drug-likeness (QED) is 0.438. The summed E-state index contributed by atoms with van der Waals surface area (Å²) in [5, 5.41) is 3.07. The van der Waals surface area contributed by atoms with Gasteiger partial charge in [-0.1, -0.05) is 37.3 Å². The van der Waals surface area contributed by atoms with Crippen LogP contribution in [0.25, 0.3) is 0 Å². The highest BCUT2D eigenvalue weighted by Crippen LogP contribution is 2.34. The number of imidazole rings is 1. The molecule has 196 valence electrons. The first kappa shape index (κ1) is 25.7. The average molecular weight is 510 g/mol. The maximum Gasteiger partial charge on any atom is 0.255 e. The third-order valence-electron chi connectivity index (χ3n) is 7.30. The van der Waals surface area contributed by atoms with E-state index in [0.29, 0.717) is 24.2 Å². The number of aromatic amines is 1. The van der Waals surface area contributed by atoms with Crippen LogP contribution in [-0.4, -0.2) is 48.8 Å². The molecule has 8 nitrogen and oxygen atoms in total. The first-order chi connectivity index (χ1) is 18.6. The van der Waals surface area contributed by atoms with E-state index in [2.05, 4.69) is 60.5 Å². The lowest BCUT2D eigenvalue weighted by Crippen LogP contribution is -2.33. The van der Waals surface area contributed by atoms with Crippen LogP contribution in [0.1, 0.15) is 71.1 Å². The molecular weight excluding hydrogens is 474 g/mol. The normalized spacial score (nSPS) is 17.0. The lowest BCUT2D eigenvalue weighted by Gasteiger charge is -2.35. The van der Waals surface area contributed by atoms with Crippen LogP contribution in [0.4, 0.5) is 0 Å². The van der Waals surface area contributed by atoms with Gasteiger partial charge in [0, 0.05) is 31.7 Å². The molecule has 3 aromatic heterocycles. The van der Waals surface area contributed by atoms with E-state index in [9.17, 15) is 4.79 Å². The molecular formula is C30H35N7O. The summed E-state index contributed by atoms with van der Waals surface area (Å²) < 4.78 is 0. The predicted octanol–water partition coefficient (Wildman–Crippen LogP) is 4.59. The number of carbonyl (C=O) groups is 1. The summed E-state index contributed by atoms with van der Waals surface area (Å²) >= 11 is 0. The van der Waals surface area contributed by atoms with E-state index in [1.807, 2.05) is 38.5 Å². The number of carbonyl (C=O) groups excluding carboxylic acids is 1. The van der Waals surface area contributed by atoms with E-state index >= 15 is 0 Å². The van der Waals surface area contributed by atoms with Gasteiger partial charge in [0.25, 0.3) is 5.91 Å². The molecule has 3 aromatic rings. The molecule has 0 spiro atoms. The van der Waals surface area contributed by atoms with Gasteiger partial charge in [-0.25, -0.2) is 15.0 Å². The Hall–Kier alpha value is -3.91. The van der Waals surface area contributed by atoms with E-state index < -0.39 is 0 Å². The molecule has 5 rings (SSSR count). The third kappa shape index (κ3) is 5.97. The van der Waals surface area contributed by atoms with Crippen molar-refractivity contribution in [2.24, 2.45) is 0 Å². The van der Waals surface area contributed by atoms with Gasteiger partial charge in [0.1, 0.15) is 12.2 Å². The lowest BCUT2D eigenvalue weighted by atomic mass is 9.90. The number of pyridine rings is 1. The van der Waals surface area contributed by atoms with Crippen molar-refractivity contribution < 1.29 is 4.79 Å². The molecule has 1 amide bonds. The zero-order valence-electron chi connectivity index (χ0n) is 22.2. The van der Waals surface area contributed by atoms with E-state index in [0.717, 1.165) is 55.9 Å². The zero-order valence-corrected chi connectivity index (χ0v) is 22.2. The summed E-state index contributed by atoms with van der Waals surface area (Å²) in [7, 11) is 0. The van der Waals surface area contributed by atoms with Gasteiger partial charge >= 0.3 is 0 Å². The van der Waals surface area contributed by atoms with Gasteiger partial charge in [0.05, 0.1) is 35.2 Å². The number of rotatable bonds is 9. The van der Waals surface area contributed by atoms with Gasteiger partial charge in [0.2, 0.25) is 0 Å². The third-order valence-corrected chi connectivity index (χ3v) is 7.30. The van der Waals surface area contributed by atoms with Crippen LogP contribution in [0.3, 0.4) is 0 Å². The first-order valence-corrected chi connectivity index (χ1v) is 13.4. The van der Waals surface area contributed by atoms with Crippen molar-refractivity contribution in [3.63, 3.8) is 0 Å². The maximum absolute atomic E-state index is 12.9. The standard InChI is InChI=1S/C30H35N7O/c1-3-25-28(21(2)35-20-36-25)30(38)34-17-22-7-4-8-23(13-12-22)18-37(19-27-31-15-16-32-27)26-11-5-9-24-10-6-14-33-29(24)26/h6-8,10,12-16,20,26H,3-5,9,11,17-19H2,1-2H3,(H,31,32)(H,34,38). The summed E-state index contributed by atoms with van der Waals surface area (Å²) in [5.41, 5.74) is 6.94. The molecule has 0 saturated heterocycles. The van der Waals surface area contributed by atoms with Crippen LogP contribution < -0.4 is 5.32 Å². The van der Waals surface area contributed by atoms with Gasteiger partial charge in [0.15, 0.2) is 0 Å². The monoisotopic (exact) mass is 509 g/mol. The number of amides is 1. The Labute approximate surface area is 224 Å². The molecule has 0 bridgehead atoms. The minimum Gasteiger partial charge on any atom is -0.348 e. The van der Waals surface area contributed by atoms with Crippen LogP contribution in [-0.2, 0) is 19.4 Å². The Morgan fingerprint density at radius 3 is 2.82 bits per heavy atom. The van der Waals surface area contributed by atoms with E-state index in [-0.39, 0.29) is 11.9 Å². The van der Waals surface area contributed by atoms with Crippen molar-refractivity contribution in [1.82, 2.24) is 35.1 Å². The highest BCUT2D eigenvalue weighted by Gasteiger charge is 2.28. The van der Waals surface area contributed by atoms with Crippen LogP contribution in [0, 0.1) is 6.92 Å². The van der Waals surface area contributed by atoms with Crippen molar-refractivity contribution in [3.05, 3.63) is 107 Å². The molecule has 0 aliphatic heterocycles. The fourth-order valence-electron chi connectivity index (χ4n) is 5.35. The summed E-state index contributed by atoms with van der Waals surface area (Å²) in [5.74, 6) is 0.833. The second kappa shape index (κ2) is 12.1. The predicted molar refractivity (Wildman–Crippen MR) is 147 cm³/mol. The van der Waals surface area contributed by atoms with Crippen LogP contribution in [0.15, 0.2) is 72.5 Å². The molecule has 2 aliphatic rings. The number of hydrogen-bond donors (Lipinski definition) is 2. The van der Waals surface area contributed by atoms with Crippen molar-refractivity contribution in [3.8, 4) is 0 Å². The lowest BCUT2D eigenvalue weighted by molar-refractivity contribution is 0.0954. The fourth-order valence-corrected chi connectivity index (χ4v) is 5.35. The molecule has 0 saturated carbocycles. The molecule has 38 heavy (non-hydrogen) atoms. The molecule has 0 aromatic carbocycles. The molecule has 3 heterocycles. The van der Waals surface area contributed by atoms with Crippen LogP contribution in [0.5, 0.6) is 0 Å². The van der Waals surface area contributed by atoms with Gasteiger partial charge in [-0.15, -0.1) is 0 Å². The Balaban J connectivity index is 1.27. The zero-order chi connectivity index (χ0) is 26.3. The number of hydrogen-bond acceptors (Lipinski definition) is 6. The highest BCUT2D eigenvalue weighted by atomic mass is 16.1. The van der Waals surface area contributed by atoms with Crippen LogP contribution in [0.2, 0.25) is 0 Å². The molecule has 2 aliphatic carbocycles. The van der Waals surface area contributed by atoms with Crippen molar-refractivity contribution in [1.29, 1.82) is 0 Å². The van der Waals surface area contributed by atoms with Crippen molar-refractivity contribution in [2.75, 3.05) is 13.1 Å². The van der Waals surface area contributed by atoms with E-state index in [1.165, 1.54) is 23.2 Å². The molecule has 2 N–H and O–H groups in total. The SMILES string of the molecule is CCc1ncnc(C)c1C(=O)NCC1=CCC=C(CN(Cc2ncc[nH]2)C2CCCc3cccnc32)C=C1. The Morgan fingerprint density at radius 1 is 1.11 bits per heavy atom. The summed E-state index contributed by atoms with van der Waals surface area (Å²) in [6, 6.07) is 4.50. The summed E-state index contributed by atoms with van der Waals surface area (Å²) in [4.78, 5) is 36.5. The van der Waals surface area contributed by atoms with Crippen molar-refractivity contribution in [2.45, 2.75) is 58.5 Å². The number of H-pyrrole nitrogens is 1. The van der Waals surface area contributed by atoms with E-state index in [1.54, 1.807) is 0 Å². The van der Waals surface area contributed by atoms with Crippen LogP contribution >= 0.6 is 0 Å². The number of nitrogens with one attached hydrogen (secondary N) is 2. The van der Waals surface area contributed by atoms with Gasteiger partial charge in [-0.3, -0.25) is 14.7 Å². The minimum absolute atomic E-state index is 0.125. The van der Waals surface area contributed by atoms with Gasteiger partial charge in [-0.2, -0.15) is 0 Å². The van der Waals surface area contributed by atoms with Gasteiger partial charge in [-0.05, 0) is 61.8 Å². The summed E-state index contributed by atoms with van der Waals surface area (Å²) in [6.45, 7) is 5.84. The minimum atomic E-state index is -0.125. The van der Waals surface area contributed by atoms with Crippen molar-refractivity contribution >= 4 is 5.91 Å². The number of aromatic nitrogens is 5. The number of nitrogens with zero attached hydrogens (tertiary/aromatic N) is 5. The Kier molecular flexibility index (Phi) is 8.19. The number of aryl methyl sites for hydroxylation is 3. The number of allylic oxidation sites excluding steroid dienone is 2. The second-order valence-corrected chi connectivity index (χ2v) is 9.84. The highest BCUT2D eigenvalue weighted by molar-refractivity contribution is 5.96. The average Bonchev–Trinajstić information content (AvgIpc) is 3.35. The first-order valence-electron chi connectivity index (χ1n) is 13.4. The molecule has 1 atom stereocenters. The Bertz CT molecular complexity index is 1360. The number of fused-ring (bicyclic) bond motifs is 1.